The van der Waals surface area contributed by atoms with E-state index in [2.05, 4.69) is 20.9 Å². The van der Waals surface area contributed by atoms with Gasteiger partial charge in [-0.15, -0.1) is 11.8 Å². The molecular formula is C34H30N4O5S. The van der Waals surface area contributed by atoms with Gasteiger partial charge in [0, 0.05) is 62.7 Å². The molecule has 44 heavy (non-hydrogen) atoms. The summed E-state index contributed by atoms with van der Waals surface area (Å²) in [5.74, 6) is 0.146. The number of nitrogens with one attached hydrogen (secondary N) is 4. The maximum absolute atomic E-state index is 13.5. The summed E-state index contributed by atoms with van der Waals surface area (Å²) in [5, 5.41) is 9.41. The van der Waals surface area contributed by atoms with Crippen molar-refractivity contribution in [2.45, 2.75) is 4.90 Å². The number of thioether (sulfide) groups is 1. The lowest BCUT2D eigenvalue weighted by atomic mass is 10.1. The minimum atomic E-state index is -0.494. The van der Waals surface area contributed by atoms with Crippen LogP contribution >= 0.6 is 11.8 Å². The quantitative estimate of drug-likeness (QED) is 0.103. The van der Waals surface area contributed by atoms with Crippen LogP contribution in [0.2, 0.25) is 0 Å². The van der Waals surface area contributed by atoms with Gasteiger partial charge in [0.2, 0.25) is 5.91 Å². The van der Waals surface area contributed by atoms with Crippen LogP contribution in [-0.4, -0.2) is 42.7 Å². The number of carbonyl (C=O) groups excluding carboxylic acids is 3. The number of anilines is 2. The molecule has 0 saturated carbocycles. The van der Waals surface area contributed by atoms with E-state index in [1.807, 2.05) is 36.4 Å². The number of aromatic nitrogens is 1. The Bertz CT molecular complexity index is 1810. The molecule has 0 unspecified atom stereocenters. The van der Waals surface area contributed by atoms with Crippen molar-refractivity contribution in [2.24, 2.45) is 0 Å². The number of fused-ring (bicyclic) bond motifs is 1. The minimum absolute atomic E-state index is 0.0785. The molecule has 0 atom stereocenters. The molecule has 0 aliphatic carbocycles. The van der Waals surface area contributed by atoms with Crippen LogP contribution in [0.15, 0.2) is 114 Å². The maximum atomic E-state index is 13.5. The second kappa shape index (κ2) is 14.1. The molecule has 0 radical (unpaired) electrons. The summed E-state index contributed by atoms with van der Waals surface area (Å²) < 4.78 is 10.5. The zero-order chi connectivity index (χ0) is 30.9. The van der Waals surface area contributed by atoms with Gasteiger partial charge in [0.05, 0.1) is 20.0 Å². The SMILES string of the molecule is COc1cc(NC(=O)CSc2cccc(NC(=O)/C(=C/c3c[nH]c4ccccc34)NC(=O)c3ccccc3)c2)cc(OC)c1. The molecule has 0 bridgehead atoms. The molecule has 9 nitrogen and oxygen atoms in total. The van der Waals surface area contributed by atoms with E-state index in [0.29, 0.717) is 28.4 Å². The third-order valence-corrected chi connectivity index (χ3v) is 7.54. The fraction of sp³-hybridized carbons (Fsp3) is 0.0882. The Labute approximate surface area is 258 Å². The fourth-order valence-electron chi connectivity index (χ4n) is 4.40. The van der Waals surface area contributed by atoms with E-state index in [1.165, 1.54) is 11.8 Å². The average molecular weight is 607 g/mol. The maximum Gasteiger partial charge on any atom is 0.272 e. The average Bonchev–Trinajstić information content (AvgIpc) is 3.46. The van der Waals surface area contributed by atoms with E-state index in [0.717, 1.165) is 21.4 Å². The molecule has 0 aliphatic heterocycles. The van der Waals surface area contributed by atoms with Crippen molar-refractivity contribution in [3.63, 3.8) is 0 Å². The zero-order valence-corrected chi connectivity index (χ0v) is 24.9. The van der Waals surface area contributed by atoms with Crippen LogP contribution in [0.5, 0.6) is 11.5 Å². The number of carbonyl (C=O) groups is 3. The van der Waals surface area contributed by atoms with E-state index >= 15 is 0 Å². The van der Waals surface area contributed by atoms with Gasteiger partial charge < -0.3 is 30.4 Å². The summed E-state index contributed by atoms with van der Waals surface area (Å²) in [6.07, 6.45) is 3.43. The van der Waals surface area contributed by atoms with Crippen molar-refractivity contribution in [2.75, 3.05) is 30.6 Å². The zero-order valence-electron chi connectivity index (χ0n) is 24.0. The number of rotatable bonds is 11. The van der Waals surface area contributed by atoms with Gasteiger partial charge in [-0.1, -0.05) is 42.5 Å². The normalized spacial score (nSPS) is 11.1. The van der Waals surface area contributed by atoms with Gasteiger partial charge in [-0.05, 0) is 42.5 Å². The lowest BCUT2D eigenvalue weighted by molar-refractivity contribution is -0.114. The molecule has 5 aromatic rings. The Balaban J connectivity index is 1.29. The summed E-state index contributed by atoms with van der Waals surface area (Å²) in [4.78, 5) is 43.2. The number of amides is 3. The van der Waals surface area contributed by atoms with Crippen molar-refractivity contribution >= 4 is 57.8 Å². The van der Waals surface area contributed by atoms with Crippen molar-refractivity contribution in [1.82, 2.24) is 10.3 Å². The molecule has 0 spiro atoms. The second-order valence-electron chi connectivity index (χ2n) is 9.59. The summed E-state index contributed by atoms with van der Waals surface area (Å²) in [6.45, 7) is 0. The molecule has 5 rings (SSSR count). The van der Waals surface area contributed by atoms with Crippen molar-refractivity contribution in [1.29, 1.82) is 0 Å². The number of ether oxygens (including phenoxy) is 2. The van der Waals surface area contributed by atoms with Crippen molar-refractivity contribution in [3.8, 4) is 11.5 Å². The minimum Gasteiger partial charge on any atom is -0.497 e. The molecular weight excluding hydrogens is 576 g/mol. The first-order valence-corrected chi connectivity index (χ1v) is 14.6. The Morgan fingerprint density at radius 3 is 2.27 bits per heavy atom. The second-order valence-corrected chi connectivity index (χ2v) is 10.6. The molecule has 10 heteroatoms. The Hall–Kier alpha value is -5.48. The van der Waals surface area contributed by atoms with E-state index in [9.17, 15) is 14.4 Å². The van der Waals surface area contributed by atoms with Crippen molar-refractivity contribution < 1.29 is 23.9 Å². The first-order chi connectivity index (χ1) is 21.4. The molecule has 4 N–H and O–H groups in total. The van der Waals surface area contributed by atoms with Crippen LogP contribution in [0.4, 0.5) is 11.4 Å². The number of benzene rings is 4. The number of hydrogen-bond acceptors (Lipinski definition) is 6. The molecule has 1 heterocycles. The van der Waals surface area contributed by atoms with Crippen LogP contribution in [0.25, 0.3) is 17.0 Å². The first kappa shape index (κ1) is 30.0. The highest BCUT2D eigenvalue weighted by Gasteiger charge is 2.16. The third kappa shape index (κ3) is 7.67. The van der Waals surface area contributed by atoms with E-state index in [-0.39, 0.29) is 17.4 Å². The highest BCUT2D eigenvalue weighted by atomic mass is 32.2. The topological polar surface area (TPSA) is 122 Å². The molecule has 0 aliphatic rings. The predicted molar refractivity (Wildman–Crippen MR) is 174 cm³/mol. The third-order valence-electron chi connectivity index (χ3n) is 6.55. The number of methoxy groups -OCH3 is 2. The highest BCUT2D eigenvalue weighted by molar-refractivity contribution is 8.00. The van der Waals surface area contributed by atoms with Gasteiger partial charge in [0.1, 0.15) is 17.2 Å². The molecule has 3 amide bonds. The summed E-state index contributed by atoms with van der Waals surface area (Å²) in [7, 11) is 3.08. The predicted octanol–water partition coefficient (Wildman–Crippen LogP) is 6.33. The standard InChI is InChI=1S/C34H30N4O5S/c1-42-26-16-25(17-27(19-26)43-2)36-32(39)21-44-28-12-8-11-24(18-28)37-34(41)31(38-33(40)22-9-4-3-5-10-22)15-23-20-35-30-14-7-6-13-29(23)30/h3-20,35H,21H2,1-2H3,(H,36,39)(H,37,41)(H,38,40)/b31-15-. The Morgan fingerprint density at radius 2 is 1.52 bits per heavy atom. The molecule has 222 valence electrons. The smallest absolute Gasteiger partial charge is 0.272 e. The Kier molecular flexibility index (Phi) is 9.63. The fourth-order valence-corrected chi connectivity index (χ4v) is 5.15. The number of aromatic amines is 1. The van der Waals surface area contributed by atoms with Gasteiger partial charge in [0.25, 0.3) is 11.8 Å². The molecule has 0 saturated heterocycles. The van der Waals surface area contributed by atoms with Gasteiger partial charge in [-0.2, -0.15) is 0 Å². The summed E-state index contributed by atoms with van der Waals surface area (Å²) in [6, 6.07) is 28.7. The lowest BCUT2D eigenvalue weighted by Gasteiger charge is -2.12. The summed E-state index contributed by atoms with van der Waals surface area (Å²) in [5.41, 5.74) is 3.23. The highest BCUT2D eigenvalue weighted by Crippen LogP contribution is 2.27. The van der Waals surface area contributed by atoms with E-state index in [1.54, 1.807) is 87.2 Å². The van der Waals surface area contributed by atoms with Gasteiger partial charge in [-0.3, -0.25) is 14.4 Å². The van der Waals surface area contributed by atoms with E-state index < -0.39 is 11.8 Å². The summed E-state index contributed by atoms with van der Waals surface area (Å²) >= 11 is 1.32. The monoisotopic (exact) mass is 606 g/mol. The largest absolute Gasteiger partial charge is 0.497 e. The van der Waals surface area contributed by atoms with Crippen LogP contribution in [0, 0.1) is 0 Å². The molecule has 1 aromatic heterocycles. The molecule has 0 fully saturated rings. The first-order valence-electron chi connectivity index (χ1n) is 13.6. The van der Waals surface area contributed by atoms with Gasteiger partial charge in [-0.25, -0.2) is 0 Å². The van der Waals surface area contributed by atoms with E-state index in [4.69, 9.17) is 9.47 Å². The van der Waals surface area contributed by atoms with Crippen LogP contribution < -0.4 is 25.4 Å². The number of H-pyrrole nitrogens is 1. The Morgan fingerprint density at radius 1 is 0.795 bits per heavy atom. The molecule has 4 aromatic carbocycles. The van der Waals surface area contributed by atoms with Crippen LogP contribution in [0.1, 0.15) is 15.9 Å². The van der Waals surface area contributed by atoms with Crippen LogP contribution in [0.3, 0.4) is 0 Å². The van der Waals surface area contributed by atoms with Crippen molar-refractivity contribution in [3.05, 3.63) is 120 Å². The van der Waals surface area contributed by atoms with Crippen LogP contribution in [-0.2, 0) is 9.59 Å². The van der Waals surface area contributed by atoms with Gasteiger partial charge >= 0.3 is 0 Å². The number of para-hydroxylation sites is 1. The lowest BCUT2D eigenvalue weighted by Crippen LogP contribution is -2.30. The number of hydrogen-bond donors (Lipinski definition) is 4. The van der Waals surface area contributed by atoms with Gasteiger partial charge in [0.15, 0.2) is 0 Å².